The predicted molar refractivity (Wildman–Crippen MR) is 102 cm³/mol. The van der Waals surface area contributed by atoms with Crippen LogP contribution in [-0.4, -0.2) is 46.8 Å². The van der Waals surface area contributed by atoms with Crippen LogP contribution >= 0.6 is 0 Å². The van der Waals surface area contributed by atoms with Gasteiger partial charge in [-0.05, 0) is 64.7 Å². The maximum absolute atomic E-state index is 12.7. The average molecular weight is 342 g/mol. The van der Waals surface area contributed by atoms with Crippen LogP contribution in [0.5, 0.6) is 0 Å². The van der Waals surface area contributed by atoms with Crippen molar-refractivity contribution in [1.82, 2.24) is 20.0 Å². The van der Waals surface area contributed by atoms with Crippen molar-refractivity contribution in [3.63, 3.8) is 0 Å². The van der Waals surface area contributed by atoms with Gasteiger partial charge in [-0.2, -0.15) is 5.10 Å². The van der Waals surface area contributed by atoms with E-state index in [0.717, 1.165) is 30.5 Å². The Morgan fingerprint density at radius 3 is 2.68 bits per heavy atom. The van der Waals surface area contributed by atoms with E-state index < -0.39 is 0 Å². The quantitative estimate of drug-likeness (QED) is 0.874. The Balaban J connectivity index is 1.63. The van der Waals surface area contributed by atoms with Gasteiger partial charge < -0.3 is 10.2 Å². The van der Waals surface area contributed by atoms with E-state index in [0.29, 0.717) is 11.6 Å². The van der Waals surface area contributed by atoms with E-state index in [1.54, 1.807) is 0 Å². The van der Waals surface area contributed by atoms with E-state index in [4.69, 9.17) is 0 Å². The fourth-order valence-electron chi connectivity index (χ4n) is 3.70. The molecule has 2 aromatic rings. The van der Waals surface area contributed by atoms with Crippen molar-refractivity contribution >= 4 is 16.8 Å². The average Bonchev–Trinajstić information content (AvgIpc) is 3.01. The van der Waals surface area contributed by atoms with Crippen molar-refractivity contribution < 1.29 is 4.79 Å². The van der Waals surface area contributed by atoms with Gasteiger partial charge in [0.2, 0.25) is 0 Å². The van der Waals surface area contributed by atoms with Crippen LogP contribution in [-0.2, 0) is 0 Å². The minimum atomic E-state index is -0.0495. The molecule has 3 rings (SSSR count). The van der Waals surface area contributed by atoms with Crippen molar-refractivity contribution in [3.8, 4) is 0 Å². The van der Waals surface area contributed by atoms with Crippen molar-refractivity contribution in [2.75, 3.05) is 26.2 Å². The zero-order valence-electron chi connectivity index (χ0n) is 15.7. The fourth-order valence-corrected chi connectivity index (χ4v) is 3.70. The lowest BCUT2D eigenvalue weighted by Gasteiger charge is -2.31. The molecule has 1 saturated heterocycles. The van der Waals surface area contributed by atoms with Crippen LogP contribution in [0.25, 0.3) is 10.9 Å². The van der Waals surface area contributed by atoms with Gasteiger partial charge in [-0.3, -0.25) is 9.48 Å². The monoisotopic (exact) mass is 342 g/mol. The molecule has 0 unspecified atom stereocenters. The van der Waals surface area contributed by atoms with Gasteiger partial charge in [-0.25, -0.2) is 0 Å². The topological polar surface area (TPSA) is 50.2 Å². The summed E-state index contributed by atoms with van der Waals surface area (Å²) >= 11 is 0. The summed E-state index contributed by atoms with van der Waals surface area (Å²) in [6.07, 6.45) is 3.55. The molecule has 0 bridgehead atoms. The van der Waals surface area contributed by atoms with Crippen LogP contribution in [0.2, 0.25) is 0 Å². The van der Waals surface area contributed by atoms with E-state index in [9.17, 15) is 4.79 Å². The number of fused-ring (bicyclic) bond motifs is 1. The molecular formula is C20H30N4O. The third kappa shape index (κ3) is 4.03. The smallest absolute Gasteiger partial charge is 0.272 e. The number of carbonyl (C=O) groups excluding carboxylic acids is 1. The Morgan fingerprint density at radius 1 is 1.28 bits per heavy atom. The Kier molecular flexibility index (Phi) is 5.74. The molecule has 25 heavy (non-hydrogen) atoms. The van der Waals surface area contributed by atoms with E-state index >= 15 is 0 Å². The maximum atomic E-state index is 12.7. The molecule has 1 amide bonds. The third-order valence-corrected chi connectivity index (χ3v) is 5.12. The molecule has 1 N–H and O–H groups in total. The van der Waals surface area contributed by atoms with Gasteiger partial charge in [0.05, 0.1) is 5.52 Å². The lowest BCUT2D eigenvalue weighted by Crippen LogP contribution is -2.39. The number of aromatic nitrogens is 2. The Hall–Kier alpha value is -1.88. The molecule has 0 spiro atoms. The van der Waals surface area contributed by atoms with Gasteiger partial charge >= 0.3 is 0 Å². The molecule has 0 radical (unpaired) electrons. The Morgan fingerprint density at radius 2 is 2.00 bits per heavy atom. The standard InChI is InChI=1S/C20H30N4O/c1-4-11-23-12-9-16(10-13-23)14-21-20(25)19-17-7-5-6-8-18(17)24(22-19)15(2)3/h5-8,15-16H,4,9-14H2,1-3H3,(H,21,25). The van der Waals surface area contributed by atoms with E-state index in [1.165, 1.54) is 25.8 Å². The first-order valence-corrected chi connectivity index (χ1v) is 9.58. The summed E-state index contributed by atoms with van der Waals surface area (Å²) in [4.78, 5) is 15.2. The lowest BCUT2D eigenvalue weighted by molar-refractivity contribution is 0.0932. The number of nitrogens with zero attached hydrogens (tertiary/aromatic N) is 3. The zero-order valence-corrected chi connectivity index (χ0v) is 15.7. The van der Waals surface area contributed by atoms with Gasteiger partial charge in [0.1, 0.15) is 0 Å². The molecule has 2 heterocycles. The summed E-state index contributed by atoms with van der Waals surface area (Å²) in [5, 5.41) is 8.65. The van der Waals surface area contributed by atoms with Crippen molar-refractivity contribution in [1.29, 1.82) is 0 Å². The van der Waals surface area contributed by atoms with Crippen LogP contribution in [0.3, 0.4) is 0 Å². The molecule has 5 heteroatoms. The maximum Gasteiger partial charge on any atom is 0.272 e. The lowest BCUT2D eigenvalue weighted by atomic mass is 9.96. The van der Waals surface area contributed by atoms with E-state index in [2.05, 4.69) is 36.1 Å². The first kappa shape index (κ1) is 17.9. The van der Waals surface area contributed by atoms with E-state index in [-0.39, 0.29) is 11.9 Å². The molecule has 1 aromatic heterocycles. The summed E-state index contributed by atoms with van der Waals surface area (Å²) in [7, 11) is 0. The number of nitrogens with one attached hydrogen (secondary N) is 1. The Labute approximate surface area is 150 Å². The number of benzene rings is 1. The highest BCUT2D eigenvalue weighted by atomic mass is 16.1. The number of amides is 1. The molecular weight excluding hydrogens is 312 g/mol. The molecule has 1 fully saturated rings. The normalized spacial score (nSPS) is 16.6. The molecule has 1 aromatic carbocycles. The number of hydrogen-bond donors (Lipinski definition) is 1. The summed E-state index contributed by atoms with van der Waals surface area (Å²) in [6.45, 7) is 10.7. The number of para-hydroxylation sites is 1. The number of piperidine rings is 1. The predicted octanol–water partition coefficient (Wildman–Crippen LogP) is 3.47. The number of carbonyl (C=O) groups is 1. The minimum Gasteiger partial charge on any atom is -0.350 e. The van der Waals surface area contributed by atoms with Crippen LogP contribution in [0.1, 0.15) is 56.6 Å². The molecule has 5 nitrogen and oxygen atoms in total. The minimum absolute atomic E-state index is 0.0495. The summed E-state index contributed by atoms with van der Waals surface area (Å²) in [6, 6.07) is 8.21. The van der Waals surface area contributed by atoms with Crippen LogP contribution in [0.15, 0.2) is 24.3 Å². The van der Waals surface area contributed by atoms with Crippen LogP contribution < -0.4 is 5.32 Å². The highest BCUT2D eigenvalue weighted by molar-refractivity contribution is 6.04. The molecule has 0 atom stereocenters. The highest BCUT2D eigenvalue weighted by Gasteiger charge is 2.21. The van der Waals surface area contributed by atoms with Crippen molar-refractivity contribution in [2.45, 2.75) is 46.1 Å². The summed E-state index contributed by atoms with van der Waals surface area (Å²) in [5.41, 5.74) is 1.57. The van der Waals surface area contributed by atoms with Gasteiger partial charge in [0, 0.05) is 18.0 Å². The second-order valence-corrected chi connectivity index (χ2v) is 7.40. The summed E-state index contributed by atoms with van der Waals surface area (Å²) in [5.74, 6) is 0.530. The van der Waals surface area contributed by atoms with Gasteiger partial charge in [0.15, 0.2) is 5.69 Å². The first-order valence-electron chi connectivity index (χ1n) is 9.58. The van der Waals surface area contributed by atoms with Crippen molar-refractivity contribution in [2.24, 2.45) is 5.92 Å². The highest BCUT2D eigenvalue weighted by Crippen LogP contribution is 2.22. The molecule has 0 aliphatic carbocycles. The molecule has 136 valence electrons. The SMILES string of the molecule is CCCN1CCC(CNC(=O)c2nn(C(C)C)c3ccccc23)CC1. The first-order chi connectivity index (χ1) is 12.1. The molecule has 1 aliphatic heterocycles. The van der Waals surface area contributed by atoms with Gasteiger partial charge in [-0.15, -0.1) is 0 Å². The van der Waals surface area contributed by atoms with Crippen LogP contribution in [0.4, 0.5) is 0 Å². The zero-order chi connectivity index (χ0) is 17.8. The molecule has 1 aliphatic rings. The Bertz CT molecular complexity index is 714. The number of likely N-dealkylation sites (tertiary alicyclic amines) is 1. The van der Waals surface area contributed by atoms with Gasteiger partial charge in [0.25, 0.3) is 5.91 Å². The van der Waals surface area contributed by atoms with E-state index in [1.807, 2.05) is 28.9 Å². The van der Waals surface area contributed by atoms with Crippen molar-refractivity contribution in [3.05, 3.63) is 30.0 Å². The number of rotatable bonds is 6. The molecule has 0 saturated carbocycles. The second-order valence-electron chi connectivity index (χ2n) is 7.40. The fraction of sp³-hybridized carbons (Fsp3) is 0.600. The number of hydrogen-bond acceptors (Lipinski definition) is 3. The second kappa shape index (κ2) is 8.00. The largest absolute Gasteiger partial charge is 0.350 e. The summed E-state index contributed by atoms with van der Waals surface area (Å²) < 4.78 is 1.94. The third-order valence-electron chi connectivity index (χ3n) is 5.12. The van der Waals surface area contributed by atoms with Crippen LogP contribution in [0, 0.1) is 5.92 Å². The van der Waals surface area contributed by atoms with Gasteiger partial charge in [-0.1, -0.05) is 25.1 Å².